The van der Waals surface area contributed by atoms with Gasteiger partial charge in [0.15, 0.2) is 0 Å². The Kier molecular flexibility index (Phi) is 7.95. The molecule has 0 aliphatic carbocycles. The van der Waals surface area contributed by atoms with Crippen molar-refractivity contribution in [1.82, 2.24) is 15.0 Å². The van der Waals surface area contributed by atoms with E-state index in [9.17, 15) is 5.11 Å². The van der Waals surface area contributed by atoms with E-state index in [0.717, 1.165) is 72.9 Å². The molecule has 5 nitrogen and oxygen atoms in total. The minimum absolute atomic E-state index is 0.279. The number of rotatable bonds is 11. The molecule has 6 heteroatoms. The molecule has 156 valence electrons. The van der Waals surface area contributed by atoms with Gasteiger partial charge in [-0.3, -0.25) is 0 Å². The molecule has 2 N–H and O–H groups in total. The highest BCUT2D eigenvalue weighted by atomic mass is 32.2. The van der Waals surface area contributed by atoms with Crippen LogP contribution in [0.2, 0.25) is 0 Å². The summed E-state index contributed by atoms with van der Waals surface area (Å²) in [5, 5.41) is 28.8. The van der Waals surface area contributed by atoms with Crippen molar-refractivity contribution >= 4 is 22.8 Å². The van der Waals surface area contributed by atoms with Crippen LogP contribution in [0.4, 0.5) is 0 Å². The van der Waals surface area contributed by atoms with Crippen molar-refractivity contribution in [2.45, 2.75) is 63.7 Å². The van der Waals surface area contributed by atoms with Gasteiger partial charge >= 0.3 is 0 Å². The van der Waals surface area contributed by atoms with Crippen LogP contribution in [0.15, 0.2) is 35.2 Å². The van der Waals surface area contributed by atoms with Gasteiger partial charge in [0.05, 0.1) is 0 Å². The second kappa shape index (κ2) is 10.6. The standard InChI is InChI=1S/C23H31N3O2S/c1-3-4-9-18-14-17(2)15-22(23(18)28)26-24-20-11-10-19(16-21(20)25-26)29-13-8-6-5-7-12-27/h10-11,14-16,27-28H,3-9,12-13H2,1-2H3. The van der Waals surface area contributed by atoms with E-state index in [1.807, 2.05) is 36.9 Å². The molecule has 0 atom stereocenters. The Morgan fingerprint density at radius 1 is 0.966 bits per heavy atom. The average molecular weight is 414 g/mol. The van der Waals surface area contributed by atoms with Crippen LogP contribution < -0.4 is 0 Å². The predicted molar refractivity (Wildman–Crippen MR) is 120 cm³/mol. The van der Waals surface area contributed by atoms with Gasteiger partial charge in [0.25, 0.3) is 0 Å². The maximum atomic E-state index is 10.8. The van der Waals surface area contributed by atoms with Gasteiger partial charge in [0.2, 0.25) is 0 Å². The van der Waals surface area contributed by atoms with Gasteiger partial charge in [-0.1, -0.05) is 32.3 Å². The fourth-order valence-corrected chi connectivity index (χ4v) is 4.34. The number of aliphatic hydroxyl groups excluding tert-OH is 1. The number of hydrogen-bond donors (Lipinski definition) is 2. The fourth-order valence-electron chi connectivity index (χ4n) is 3.39. The van der Waals surface area contributed by atoms with Gasteiger partial charge in [0.1, 0.15) is 22.5 Å². The molecule has 0 aliphatic rings. The van der Waals surface area contributed by atoms with Gasteiger partial charge in [0, 0.05) is 11.5 Å². The quantitative estimate of drug-likeness (QED) is 0.324. The number of fused-ring (bicyclic) bond motifs is 1. The number of aryl methyl sites for hydroxylation is 2. The molecule has 0 radical (unpaired) electrons. The second-order valence-electron chi connectivity index (χ2n) is 7.52. The molecule has 0 saturated carbocycles. The third-order valence-corrected chi connectivity index (χ3v) is 6.08. The van der Waals surface area contributed by atoms with E-state index < -0.39 is 0 Å². The van der Waals surface area contributed by atoms with Crippen LogP contribution >= 0.6 is 11.8 Å². The van der Waals surface area contributed by atoms with Crippen molar-refractivity contribution in [3.05, 3.63) is 41.5 Å². The van der Waals surface area contributed by atoms with E-state index >= 15 is 0 Å². The summed E-state index contributed by atoms with van der Waals surface area (Å²) in [6.45, 7) is 4.48. The van der Waals surface area contributed by atoms with E-state index in [1.165, 1.54) is 4.90 Å². The zero-order chi connectivity index (χ0) is 20.6. The van der Waals surface area contributed by atoms with Gasteiger partial charge < -0.3 is 10.2 Å². The van der Waals surface area contributed by atoms with Gasteiger partial charge in [-0.15, -0.1) is 26.8 Å². The molecule has 0 unspecified atom stereocenters. The lowest BCUT2D eigenvalue weighted by atomic mass is 10.0. The zero-order valence-corrected chi connectivity index (χ0v) is 18.2. The molecule has 29 heavy (non-hydrogen) atoms. The summed E-state index contributed by atoms with van der Waals surface area (Å²) in [4.78, 5) is 2.75. The van der Waals surface area contributed by atoms with Crippen LogP contribution in [0, 0.1) is 6.92 Å². The number of aromatic nitrogens is 3. The molecule has 0 spiro atoms. The summed E-state index contributed by atoms with van der Waals surface area (Å²) in [7, 11) is 0. The molecule has 1 heterocycles. The lowest BCUT2D eigenvalue weighted by Gasteiger charge is -2.10. The first kappa shape index (κ1) is 21.7. The molecular weight excluding hydrogens is 382 g/mol. The predicted octanol–water partition coefficient (Wildman–Crippen LogP) is 5.42. The Hall–Kier alpha value is -2.05. The number of aromatic hydroxyl groups is 1. The first-order chi connectivity index (χ1) is 14.1. The topological polar surface area (TPSA) is 71.2 Å². The number of hydrogen-bond acceptors (Lipinski definition) is 5. The summed E-state index contributed by atoms with van der Waals surface area (Å²) in [6, 6.07) is 10.1. The van der Waals surface area contributed by atoms with Crippen molar-refractivity contribution in [3.8, 4) is 11.4 Å². The Labute approximate surface area is 177 Å². The average Bonchev–Trinajstić information content (AvgIpc) is 3.14. The molecule has 0 saturated heterocycles. The zero-order valence-electron chi connectivity index (χ0n) is 17.4. The van der Waals surface area contributed by atoms with Crippen molar-refractivity contribution < 1.29 is 10.2 Å². The number of nitrogens with zero attached hydrogens (tertiary/aromatic N) is 3. The monoisotopic (exact) mass is 413 g/mol. The smallest absolute Gasteiger partial charge is 0.146 e. The highest BCUT2D eigenvalue weighted by Gasteiger charge is 2.14. The van der Waals surface area contributed by atoms with E-state index in [2.05, 4.69) is 29.3 Å². The molecule has 1 aromatic heterocycles. The van der Waals surface area contributed by atoms with E-state index in [1.54, 1.807) is 4.80 Å². The minimum Gasteiger partial charge on any atom is -0.505 e. The third-order valence-electron chi connectivity index (χ3n) is 5.00. The number of benzene rings is 2. The Morgan fingerprint density at radius 3 is 2.55 bits per heavy atom. The van der Waals surface area contributed by atoms with E-state index in [-0.39, 0.29) is 12.4 Å². The normalized spacial score (nSPS) is 11.4. The summed E-state index contributed by atoms with van der Waals surface area (Å²) in [6.07, 6.45) is 7.28. The molecule has 0 bridgehead atoms. The fraction of sp³-hybridized carbons (Fsp3) is 0.478. The van der Waals surface area contributed by atoms with Crippen LogP contribution in [0.1, 0.15) is 56.6 Å². The number of phenols is 1. The Morgan fingerprint density at radius 2 is 1.76 bits per heavy atom. The van der Waals surface area contributed by atoms with E-state index in [4.69, 9.17) is 5.11 Å². The summed E-state index contributed by atoms with van der Waals surface area (Å²) < 4.78 is 0. The highest BCUT2D eigenvalue weighted by Crippen LogP contribution is 2.30. The van der Waals surface area contributed by atoms with Gasteiger partial charge in [-0.2, -0.15) is 0 Å². The summed E-state index contributed by atoms with van der Waals surface area (Å²) in [5.74, 6) is 1.34. The number of thioether (sulfide) groups is 1. The van der Waals surface area contributed by atoms with Crippen LogP contribution in [-0.2, 0) is 6.42 Å². The van der Waals surface area contributed by atoms with E-state index in [0.29, 0.717) is 5.69 Å². The SMILES string of the molecule is CCCCc1cc(C)cc(-n2nc3ccc(SCCCCCCO)cc3n2)c1O. The molecule has 0 fully saturated rings. The molecule has 0 amide bonds. The lowest BCUT2D eigenvalue weighted by Crippen LogP contribution is -2.02. The maximum absolute atomic E-state index is 10.8. The molecule has 3 aromatic rings. The highest BCUT2D eigenvalue weighted by molar-refractivity contribution is 7.99. The Balaban J connectivity index is 1.75. The number of aliphatic hydroxyl groups is 1. The number of phenolic OH excluding ortho intramolecular Hbond substituents is 1. The van der Waals surface area contributed by atoms with Crippen molar-refractivity contribution in [2.24, 2.45) is 0 Å². The minimum atomic E-state index is 0.279. The second-order valence-corrected chi connectivity index (χ2v) is 8.69. The van der Waals surface area contributed by atoms with Crippen LogP contribution in [0.3, 0.4) is 0 Å². The van der Waals surface area contributed by atoms with Crippen molar-refractivity contribution in [2.75, 3.05) is 12.4 Å². The first-order valence-corrected chi connectivity index (χ1v) is 11.5. The molecule has 0 aliphatic heterocycles. The van der Waals surface area contributed by atoms with Crippen molar-refractivity contribution in [1.29, 1.82) is 0 Å². The third kappa shape index (κ3) is 5.73. The largest absolute Gasteiger partial charge is 0.505 e. The maximum Gasteiger partial charge on any atom is 0.146 e. The van der Waals surface area contributed by atoms with Crippen LogP contribution in [-0.4, -0.2) is 37.6 Å². The lowest BCUT2D eigenvalue weighted by molar-refractivity contribution is 0.283. The van der Waals surface area contributed by atoms with Gasteiger partial charge in [-0.05, 0) is 73.8 Å². The molecule has 2 aromatic carbocycles. The Bertz CT molecular complexity index is 939. The van der Waals surface area contributed by atoms with Crippen LogP contribution in [0.25, 0.3) is 16.7 Å². The first-order valence-electron chi connectivity index (χ1n) is 10.6. The van der Waals surface area contributed by atoms with Gasteiger partial charge in [-0.25, -0.2) is 0 Å². The van der Waals surface area contributed by atoms with Crippen molar-refractivity contribution in [3.63, 3.8) is 0 Å². The molecular formula is C23H31N3O2S. The summed E-state index contributed by atoms with van der Waals surface area (Å²) >= 11 is 1.83. The number of unbranched alkanes of at least 4 members (excludes halogenated alkanes) is 4. The van der Waals surface area contributed by atoms with Crippen LogP contribution in [0.5, 0.6) is 5.75 Å². The molecule has 3 rings (SSSR count). The summed E-state index contributed by atoms with van der Waals surface area (Å²) in [5.41, 5.74) is 4.37.